The lowest BCUT2D eigenvalue weighted by Gasteiger charge is -2.12. The van der Waals surface area contributed by atoms with E-state index in [4.69, 9.17) is 4.74 Å². The lowest BCUT2D eigenvalue weighted by molar-refractivity contribution is -0.116. The number of rotatable bonds is 8. The van der Waals surface area contributed by atoms with Gasteiger partial charge in [0, 0.05) is 18.5 Å². The Labute approximate surface area is 190 Å². The number of ether oxygens (including phenoxy) is 1. The highest BCUT2D eigenvalue weighted by Crippen LogP contribution is 2.27. The Balaban J connectivity index is 1.42. The van der Waals surface area contributed by atoms with Gasteiger partial charge >= 0.3 is 0 Å². The van der Waals surface area contributed by atoms with Crippen molar-refractivity contribution in [1.29, 1.82) is 0 Å². The van der Waals surface area contributed by atoms with Crippen LogP contribution < -0.4 is 14.8 Å². The number of carbonyl (C=O) groups is 1. The summed E-state index contributed by atoms with van der Waals surface area (Å²) in [6, 6.07) is 20.7. The number of para-hydroxylation sites is 3. The molecule has 0 aliphatic rings. The van der Waals surface area contributed by atoms with Crippen molar-refractivity contribution in [2.45, 2.75) is 17.7 Å². The van der Waals surface area contributed by atoms with Crippen molar-refractivity contribution in [3.8, 4) is 5.75 Å². The summed E-state index contributed by atoms with van der Waals surface area (Å²) in [6.45, 7) is 0. The fourth-order valence-corrected chi connectivity index (χ4v) is 5.23. The van der Waals surface area contributed by atoms with Crippen LogP contribution in [0.15, 0.2) is 77.7 Å². The van der Waals surface area contributed by atoms with Crippen LogP contribution in [0.2, 0.25) is 0 Å². The minimum atomic E-state index is -3.86. The number of benzene rings is 3. The first-order valence-corrected chi connectivity index (χ1v) is 12.1. The van der Waals surface area contributed by atoms with Crippen LogP contribution in [0.5, 0.6) is 5.75 Å². The summed E-state index contributed by atoms with van der Waals surface area (Å²) in [5, 5.41) is 3.65. The van der Waals surface area contributed by atoms with E-state index in [0.29, 0.717) is 23.5 Å². The second-order valence-electron chi connectivity index (χ2n) is 6.96. The van der Waals surface area contributed by atoms with E-state index in [1.54, 1.807) is 47.7 Å². The monoisotopic (exact) mass is 467 g/mol. The van der Waals surface area contributed by atoms with Crippen molar-refractivity contribution in [2.24, 2.45) is 0 Å². The maximum Gasteiger partial charge on any atom is 0.262 e. The molecule has 9 heteroatoms. The summed E-state index contributed by atoms with van der Waals surface area (Å²) in [7, 11) is -2.39. The first-order chi connectivity index (χ1) is 15.4. The van der Waals surface area contributed by atoms with E-state index in [0.717, 1.165) is 15.2 Å². The zero-order chi connectivity index (χ0) is 22.6. The van der Waals surface area contributed by atoms with E-state index in [1.165, 1.54) is 19.2 Å². The number of thiazole rings is 1. The molecule has 0 aliphatic heterocycles. The number of sulfonamides is 1. The second kappa shape index (κ2) is 9.37. The summed E-state index contributed by atoms with van der Waals surface area (Å²) in [6.07, 6.45) is 0.759. The van der Waals surface area contributed by atoms with Crippen molar-refractivity contribution in [3.05, 3.63) is 77.8 Å². The van der Waals surface area contributed by atoms with Gasteiger partial charge in [0.25, 0.3) is 10.0 Å². The van der Waals surface area contributed by atoms with E-state index in [2.05, 4.69) is 15.0 Å². The highest BCUT2D eigenvalue weighted by Gasteiger charge is 2.17. The molecule has 0 saturated heterocycles. The Morgan fingerprint density at radius 1 is 1.03 bits per heavy atom. The second-order valence-corrected chi connectivity index (χ2v) is 9.75. The highest BCUT2D eigenvalue weighted by atomic mass is 32.2. The van der Waals surface area contributed by atoms with E-state index >= 15 is 0 Å². The van der Waals surface area contributed by atoms with Crippen molar-refractivity contribution in [3.63, 3.8) is 0 Å². The summed E-state index contributed by atoms with van der Waals surface area (Å²) in [5.74, 6) is 0.201. The largest absolute Gasteiger partial charge is 0.495 e. The summed E-state index contributed by atoms with van der Waals surface area (Å²) in [5.41, 5.74) is 1.66. The SMILES string of the molecule is COc1ccccc1NS(=O)(=O)c1cccc(NC(=O)CCc2nc3ccccc3s2)c1. The predicted molar refractivity (Wildman–Crippen MR) is 127 cm³/mol. The third-order valence-corrected chi connectivity index (χ3v) is 7.14. The smallest absolute Gasteiger partial charge is 0.262 e. The maximum absolute atomic E-state index is 12.8. The minimum Gasteiger partial charge on any atom is -0.495 e. The number of carbonyl (C=O) groups excluding carboxylic acids is 1. The van der Waals surface area contributed by atoms with Crippen LogP contribution in [0.1, 0.15) is 11.4 Å². The normalized spacial score (nSPS) is 11.3. The van der Waals surface area contributed by atoms with E-state index < -0.39 is 10.0 Å². The summed E-state index contributed by atoms with van der Waals surface area (Å²) < 4.78 is 34.4. The Hall–Kier alpha value is -3.43. The molecule has 0 bridgehead atoms. The van der Waals surface area contributed by atoms with Crippen LogP contribution in [0.4, 0.5) is 11.4 Å². The van der Waals surface area contributed by atoms with Gasteiger partial charge in [-0.2, -0.15) is 0 Å². The number of methoxy groups -OCH3 is 1. The molecule has 164 valence electrons. The molecule has 0 atom stereocenters. The fourth-order valence-electron chi connectivity index (χ4n) is 3.14. The Morgan fingerprint density at radius 2 is 1.81 bits per heavy atom. The molecule has 4 rings (SSSR count). The van der Waals surface area contributed by atoms with Gasteiger partial charge < -0.3 is 10.1 Å². The first-order valence-electron chi connectivity index (χ1n) is 9.85. The number of hydrogen-bond acceptors (Lipinski definition) is 6. The third kappa shape index (κ3) is 5.06. The van der Waals surface area contributed by atoms with Gasteiger partial charge in [-0.1, -0.05) is 30.3 Å². The molecular weight excluding hydrogens is 446 g/mol. The molecule has 0 saturated carbocycles. The van der Waals surface area contributed by atoms with Crippen LogP contribution in [0.25, 0.3) is 10.2 Å². The number of aromatic nitrogens is 1. The fraction of sp³-hybridized carbons (Fsp3) is 0.130. The summed E-state index contributed by atoms with van der Waals surface area (Å²) in [4.78, 5) is 17.0. The average Bonchev–Trinajstić information content (AvgIpc) is 3.21. The minimum absolute atomic E-state index is 0.0346. The molecular formula is C23H21N3O4S2. The zero-order valence-electron chi connectivity index (χ0n) is 17.2. The number of anilines is 2. The molecule has 4 aromatic rings. The molecule has 0 spiro atoms. The molecule has 1 aromatic heterocycles. The van der Waals surface area contributed by atoms with Crippen molar-refractivity contribution in [2.75, 3.05) is 17.1 Å². The van der Waals surface area contributed by atoms with Gasteiger partial charge in [0.1, 0.15) is 5.75 Å². The molecule has 3 aromatic carbocycles. The number of aryl methyl sites for hydroxylation is 1. The van der Waals surface area contributed by atoms with E-state index in [-0.39, 0.29) is 17.2 Å². The lowest BCUT2D eigenvalue weighted by atomic mass is 10.2. The molecule has 0 unspecified atom stereocenters. The van der Waals surface area contributed by atoms with Gasteiger partial charge in [-0.25, -0.2) is 13.4 Å². The lowest BCUT2D eigenvalue weighted by Crippen LogP contribution is -2.15. The molecule has 1 amide bonds. The average molecular weight is 468 g/mol. The Bertz CT molecular complexity index is 1330. The Morgan fingerprint density at radius 3 is 2.62 bits per heavy atom. The topological polar surface area (TPSA) is 97.4 Å². The first kappa shape index (κ1) is 21.8. The standard InChI is InChI=1S/C23H21N3O4S2/c1-30-20-11-4-2-9-18(20)26-32(28,29)17-8-6-7-16(15-17)24-22(27)13-14-23-25-19-10-3-5-12-21(19)31-23/h2-12,15,26H,13-14H2,1H3,(H,24,27). The van der Waals surface area contributed by atoms with Crippen LogP contribution in [-0.2, 0) is 21.2 Å². The highest BCUT2D eigenvalue weighted by molar-refractivity contribution is 7.92. The number of nitrogens with one attached hydrogen (secondary N) is 2. The molecule has 0 fully saturated rings. The van der Waals surface area contributed by atoms with Crippen LogP contribution in [-0.4, -0.2) is 26.4 Å². The predicted octanol–water partition coefficient (Wildman–Crippen LogP) is 4.68. The van der Waals surface area contributed by atoms with Crippen LogP contribution in [0.3, 0.4) is 0 Å². The van der Waals surface area contributed by atoms with Gasteiger partial charge in [0.05, 0.1) is 32.9 Å². The Kier molecular flexibility index (Phi) is 6.38. The molecule has 2 N–H and O–H groups in total. The van der Waals surface area contributed by atoms with Gasteiger partial charge in [-0.3, -0.25) is 9.52 Å². The van der Waals surface area contributed by atoms with E-state index in [1.807, 2.05) is 24.3 Å². The maximum atomic E-state index is 12.8. The van der Waals surface area contributed by atoms with Gasteiger partial charge in [0.15, 0.2) is 0 Å². The van der Waals surface area contributed by atoms with Gasteiger partial charge in [-0.15, -0.1) is 11.3 Å². The van der Waals surface area contributed by atoms with Gasteiger partial charge in [-0.05, 0) is 42.5 Å². The van der Waals surface area contributed by atoms with Crippen molar-refractivity contribution in [1.82, 2.24) is 4.98 Å². The molecule has 0 aliphatic carbocycles. The van der Waals surface area contributed by atoms with Crippen LogP contribution >= 0.6 is 11.3 Å². The molecule has 1 heterocycles. The quantitative estimate of drug-likeness (QED) is 0.392. The third-order valence-electron chi connectivity index (χ3n) is 4.68. The summed E-state index contributed by atoms with van der Waals surface area (Å²) >= 11 is 1.57. The van der Waals surface area contributed by atoms with E-state index in [9.17, 15) is 13.2 Å². The number of nitrogens with zero attached hydrogens (tertiary/aromatic N) is 1. The van der Waals surface area contributed by atoms with Crippen molar-refractivity contribution < 1.29 is 17.9 Å². The molecule has 32 heavy (non-hydrogen) atoms. The number of hydrogen-bond donors (Lipinski definition) is 2. The van der Waals surface area contributed by atoms with Gasteiger partial charge in [0.2, 0.25) is 5.91 Å². The number of fused-ring (bicyclic) bond motifs is 1. The molecule has 0 radical (unpaired) electrons. The zero-order valence-corrected chi connectivity index (χ0v) is 18.9. The van der Waals surface area contributed by atoms with Crippen LogP contribution in [0, 0.1) is 0 Å². The number of amides is 1. The van der Waals surface area contributed by atoms with Crippen molar-refractivity contribution >= 4 is 48.9 Å². The molecule has 7 nitrogen and oxygen atoms in total.